The molecule has 4 fully saturated rings. The molecular weight excluding hydrogens is 524 g/mol. The molecule has 3 heterocycles. The molecule has 226 valence electrons. The predicted molar refractivity (Wildman–Crippen MR) is 159 cm³/mol. The molecule has 42 heavy (non-hydrogen) atoms. The Labute approximate surface area is 250 Å². The Balaban J connectivity index is 1.30. The van der Waals surface area contributed by atoms with E-state index in [4.69, 9.17) is 15.2 Å². The zero-order valence-electron chi connectivity index (χ0n) is 25.6. The number of carbonyl (C=O) groups excluding carboxylic acids is 2. The molecule has 6 nitrogen and oxygen atoms in total. The first-order valence-corrected chi connectivity index (χ1v) is 17.4. The average molecular weight is 574 g/mol. The van der Waals surface area contributed by atoms with Crippen molar-refractivity contribution in [1.82, 2.24) is 0 Å². The molecular formula is C36H49N2O4+. The minimum atomic E-state index is -0.515. The number of quaternary nitrogens is 1. The summed E-state index contributed by atoms with van der Waals surface area (Å²) in [7, 11) is 0. The lowest BCUT2D eigenvalue weighted by Crippen LogP contribution is -2.94. The van der Waals surface area contributed by atoms with Crippen LogP contribution in [0.15, 0.2) is 45.5 Å². The summed E-state index contributed by atoms with van der Waals surface area (Å²) in [6.07, 6.45) is 18.7. The van der Waals surface area contributed by atoms with E-state index in [0.29, 0.717) is 23.7 Å². The zero-order chi connectivity index (χ0) is 28.8. The molecule has 9 aliphatic rings. The molecule has 6 aliphatic carbocycles. The number of rotatable bonds is 6. The van der Waals surface area contributed by atoms with E-state index < -0.39 is 5.41 Å². The van der Waals surface area contributed by atoms with Crippen LogP contribution in [-0.4, -0.2) is 24.6 Å². The molecule has 0 aromatic heterocycles. The van der Waals surface area contributed by atoms with Gasteiger partial charge < -0.3 is 14.8 Å². The highest BCUT2D eigenvalue weighted by Crippen LogP contribution is 2.72. The van der Waals surface area contributed by atoms with Crippen LogP contribution >= 0.6 is 0 Å². The number of allylic oxidation sites excluding steroid dienone is 5. The van der Waals surface area contributed by atoms with E-state index in [0.717, 1.165) is 99.8 Å². The molecule has 4 N–H and O–H groups in total. The minimum absolute atomic E-state index is 0.0109. The average Bonchev–Trinajstić information content (AvgIpc) is 3.69. The van der Waals surface area contributed by atoms with Gasteiger partial charge in [-0.3, -0.25) is 5.73 Å². The fourth-order valence-electron chi connectivity index (χ4n) is 11.6. The van der Waals surface area contributed by atoms with Crippen LogP contribution in [0.1, 0.15) is 110 Å². The largest absolute Gasteiger partial charge is 0.427 e. The van der Waals surface area contributed by atoms with Gasteiger partial charge in [-0.25, -0.2) is 9.59 Å². The van der Waals surface area contributed by atoms with Crippen LogP contribution < -0.4 is 11.1 Å². The SMILES string of the molecule is CCCC=C1OC(=O)C2=C(CC3CC[NH2+]C(N)C3)[C@H]3CC[C@@]12[C@H]1C2=C4C(=C(C5(CC)CCCC5)CC[C@@H]4C[C@H]31)OC2=O. The standard InChI is InChI=1S/C36H48N2O4/c1-3-5-8-26-36-15-11-22(23(31(36)34(40)41-26)17-20-12-16-38-27(37)18-20)24-19-21-9-10-25(35(4-2)13-6-7-14-35)32-28(21)29(30(24)36)33(39)42-32/h8,20-22,24,27,30,38H,3-7,9-19,37H2,1-2H3/p+1/t20?,21-,22-,24-,27?,30-,36+/m1/s1. The summed E-state index contributed by atoms with van der Waals surface area (Å²) in [5, 5.41) is 2.26. The Morgan fingerprint density at radius 3 is 2.60 bits per heavy atom. The number of unbranched alkanes of at least 4 members (excludes halogenated alkanes) is 1. The van der Waals surface area contributed by atoms with Gasteiger partial charge in [-0.2, -0.15) is 0 Å². The van der Waals surface area contributed by atoms with Crippen molar-refractivity contribution < 1.29 is 24.4 Å². The third-order valence-corrected chi connectivity index (χ3v) is 13.3. The summed E-state index contributed by atoms with van der Waals surface area (Å²) in [4.78, 5) is 28.1. The molecule has 0 amide bonds. The van der Waals surface area contributed by atoms with Gasteiger partial charge in [0.25, 0.3) is 0 Å². The van der Waals surface area contributed by atoms with Crippen LogP contribution in [0.5, 0.6) is 0 Å². The molecule has 2 saturated heterocycles. The second kappa shape index (κ2) is 9.92. The van der Waals surface area contributed by atoms with Gasteiger partial charge in [0.15, 0.2) is 0 Å². The molecule has 7 atom stereocenters. The van der Waals surface area contributed by atoms with Crippen molar-refractivity contribution in [3.05, 3.63) is 45.5 Å². The Morgan fingerprint density at radius 2 is 1.83 bits per heavy atom. The quantitative estimate of drug-likeness (QED) is 0.397. The van der Waals surface area contributed by atoms with Crippen LogP contribution in [0.4, 0.5) is 0 Å². The van der Waals surface area contributed by atoms with E-state index >= 15 is 0 Å². The van der Waals surface area contributed by atoms with E-state index in [2.05, 4.69) is 25.2 Å². The number of hydrogen-bond donors (Lipinski definition) is 2. The summed E-state index contributed by atoms with van der Waals surface area (Å²) >= 11 is 0. The molecule has 1 spiro atoms. The topological polar surface area (TPSA) is 95.2 Å². The molecule has 6 heteroatoms. The highest BCUT2D eigenvalue weighted by molar-refractivity contribution is 6.00. The van der Waals surface area contributed by atoms with Gasteiger partial charge >= 0.3 is 11.9 Å². The summed E-state index contributed by atoms with van der Waals surface area (Å²) in [6.45, 7) is 5.56. The maximum Gasteiger partial charge on any atom is 0.340 e. The number of carbonyl (C=O) groups is 2. The second-order valence-corrected chi connectivity index (χ2v) is 15.0. The molecule has 2 unspecified atom stereocenters. The summed E-state index contributed by atoms with van der Waals surface area (Å²) in [6, 6.07) is 0. The lowest BCUT2D eigenvalue weighted by atomic mass is 9.43. The highest BCUT2D eigenvalue weighted by Gasteiger charge is 2.69. The molecule has 9 rings (SSSR count). The zero-order valence-corrected chi connectivity index (χ0v) is 25.6. The Morgan fingerprint density at radius 1 is 1.00 bits per heavy atom. The number of cyclic esters (lactones) is 1. The first-order valence-electron chi connectivity index (χ1n) is 17.4. The third kappa shape index (κ3) is 3.63. The number of hydrogen-bond acceptors (Lipinski definition) is 5. The van der Waals surface area contributed by atoms with Gasteiger partial charge in [0.2, 0.25) is 0 Å². The predicted octanol–water partition coefficient (Wildman–Crippen LogP) is 5.71. The first kappa shape index (κ1) is 27.4. The number of fused-ring (bicyclic) bond motifs is 1. The second-order valence-electron chi connectivity index (χ2n) is 15.0. The van der Waals surface area contributed by atoms with E-state index in [1.165, 1.54) is 42.4 Å². The number of ether oxygens (including phenoxy) is 2. The van der Waals surface area contributed by atoms with Crippen molar-refractivity contribution in [3.63, 3.8) is 0 Å². The molecule has 3 aliphatic heterocycles. The lowest BCUT2D eigenvalue weighted by Gasteiger charge is -2.58. The molecule has 0 aromatic carbocycles. The van der Waals surface area contributed by atoms with Gasteiger partial charge in [0.1, 0.15) is 17.7 Å². The van der Waals surface area contributed by atoms with Crippen LogP contribution in [-0.2, 0) is 19.1 Å². The fraction of sp³-hybridized carbons (Fsp3) is 0.722. The smallest absolute Gasteiger partial charge is 0.340 e. The van der Waals surface area contributed by atoms with Crippen LogP contribution in [0, 0.1) is 40.4 Å². The molecule has 2 saturated carbocycles. The van der Waals surface area contributed by atoms with E-state index in [1.54, 1.807) is 0 Å². The Kier molecular flexibility index (Phi) is 6.46. The summed E-state index contributed by atoms with van der Waals surface area (Å²) < 4.78 is 12.7. The van der Waals surface area contributed by atoms with Gasteiger partial charge in [-0.05, 0) is 111 Å². The van der Waals surface area contributed by atoms with Crippen molar-refractivity contribution in [2.75, 3.05) is 6.54 Å². The normalized spacial score (nSPS) is 40.9. The van der Waals surface area contributed by atoms with Gasteiger partial charge in [0.05, 0.1) is 17.5 Å². The van der Waals surface area contributed by atoms with Crippen molar-refractivity contribution in [1.29, 1.82) is 0 Å². The molecule has 0 radical (unpaired) electrons. The maximum absolute atomic E-state index is 14.2. The van der Waals surface area contributed by atoms with Gasteiger partial charge in [0, 0.05) is 23.5 Å². The number of esters is 2. The third-order valence-electron chi connectivity index (χ3n) is 13.3. The fourth-order valence-corrected chi connectivity index (χ4v) is 11.6. The van der Waals surface area contributed by atoms with E-state index in [1.807, 2.05) is 0 Å². The first-order chi connectivity index (χ1) is 20.4. The lowest BCUT2D eigenvalue weighted by molar-refractivity contribution is -0.699. The Hall–Kier alpha value is -2.18. The van der Waals surface area contributed by atoms with Gasteiger partial charge in [-0.1, -0.05) is 38.7 Å². The van der Waals surface area contributed by atoms with E-state index in [-0.39, 0.29) is 29.4 Å². The highest BCUT2D eigenvalue weighted by atomic mass is 16.6. The van der Waals surface area contributed by atoms with Crippen LogP contribution in [0.2, 0.25) is 0 Å². The minimum Gasteiger partial charge on any atom is -0.427 e. The van der Waals surface area contributed by atoms with Crippen molar-refractivity contribution >= 4 is 11.9 Å². The van der Waals surface area contributed by atoms with E-state index in [9.17, 15) is 9.59 Å². The number of nitrogens with two attached hydrogens (primary N) is 2. The van der Waals surface area contributed by atoms with Crippen LogP contribution in [0.25, 0.3) is 0 Å². The van der Waals surface area contributed by atoms with Gasteiger partial charge in [-0.15, -0.1) is 0 Å². The van der Waals surface area contributed by atoms with Crippen molar-refractivity contribution in [2.45, 2.75) is 116 Å². The summed E-state index contributed by atoms with van der Waals surface area (Å²) in [5.41, 5.74) is 12.0. The van der Waals surface area contributed by atoms with Crippen LogP contribution in [0.3, 0.4) is 0 Å². The van der Waals surface area contributed by atoms with Crippen molar-refractivity contribution in [3.8, 4) is 0 Å². The molecule has 2 bridgehead atoms. The monoisotopic (exact) mass is 573 g/mol. The Bertz CT molecular complexity index is 1350. The van der Waals surface area contributed by atoms with Crippen molar-refractivity contribution in [2.24, 2.45) is 46.2 Å². The molecule has 0 aromatic rings. The maximum atomic E-state index is 14.2. The summed E-state index contributed by atoms with van der Waals surface area (Å²) in [5.74, 6) is 3.16. The number of piperidine rings is 1.